The van der Waals surface area contributed by atoms with Crippen LogP contribution in [0.2, 0.25) is 0 Å². The van der Waals surface area contributed by atoms with Gasteiger partial charge >= 0.3 is 35.5 Å². The molecule has 4 N–H and O–H groups in total. The fourth-order valence-electron chi connectivity index (χ4n) is 0.0781. The van der Waals surface area contributed by atoms with Gasteiger partial charge < -0.3 is 15.4 Å². The minimum Gasteiger partial charge on any atom is -0.726 e. The summed E-state index contributed by atoms with van der Waals surface area (Å²) in [5.41, 5.74) is 4.94. The third-order valence-electron chi connectivity index (χ3n) is 0.514. The quantitative estimate of drug-likeness (QED) is 0.173. The first-order valence-electron chi connectivity index (χ1n) is 2.46. The van der Waals surface area contributed by atoms with Crippen LogP contribution in [0.25, 0.3) is 0 Å². The summed E-state index contributed by atoms with van der Waals surface area (Å²) in [4.78, 5) is 9.76. The minimum atomic E-state index is -4.92. The second-order valence-corrected chi connectivity index (χ2v) is 2.78. The third-order valence-corrected chi connectivity index (χ3v) is 0.907. The van der Waals surface area contributed by atoms with Crippen LogP contribution in [0.5, 0.6) is 0 Å². The summed E-state index contributed by atoms with van der Waals surface area (Å²) in [7, 11) is -4.92. The Morgan fingerprint density at radius 2 is 1.79 bits per heavy atom. The Labute approximate surface area is 115 Å². The molecular weight excluding hydrogens is 269 g/mol. The van der Waals surface area contributed by atoms with Crippen molar-refractivity contribution in [3.05, 3.63) is 0 Å². The van der Waals surface area contributed by atoms with Crippen LogP contribution in [0.1, 0.15) is 0 Å². The number of hydrogen-bond acceptors (Lipinski definition) is 6. The zero-order chi connectivity index (χ0) is 10.4. The first-order chi connectivity index (χ1) is 5.18. The van der Waals surface area contributed by atoms with Gasteiger partial charge in [-0.05, 0) is 0 Å². The van der Waals surface area contributed by atoms with E-state index in [-0.39, 0.29) is 47.7 Å². The van der Waals surface area contributed by atoms with Crippen LogP contribution in [0.15, 0.2) is 0 Å². The van der Waals surface area contributed by atoms with Crippen LogP contribution in [0.4, 0.5) is 0 Å². The molecule has 0 aliphatic carbocycles. The van der Waals surface area contributed by atoms with E-state index in [0.29, 0.717) is 0 Å². The van der Waals surface area contributed by atoms with E-state index < -0.39 is 22.4 Å². The molecule has 0 aromatic heterocycles. The number of carboxylic acid groups (broad SMARTS) is 1. The molecule has 7 nitrogen and oxygen atoms in total. The van der Waals surface area contributed by atoms with Crippen molar-refractivity contribution in [1.82, 2.24) is 0 Å². The Balaban J connectivity index is -0.0000000651. The number of carboxylic acids is 1. The number of aliphatic carboxylic acids is 1. The number of carbonyl (C=O) groups is 1. The Bertz CT molecular complexity index is 225. The second-order valence-electron chi connectivity index (χ2n) is 1.56. The Kier molecular flexibility index (Phi) is 20.8. The maximum atomic E-state index is 9.76. The van der Waals surface area contributed by atoms with Gasteiger partial charge in [-0.2, -0.15) is 12.6 Å². The summed E-state index contributed by atoms with van der Waals surface area (Å²) in [5, 5.41) is 8.01. The van der Waals surface area contributed by atoms with Crippen LogP contribution in [-0.2, 0) is 15.2 Å². The van der Waals surface area contributed by atoms with Crippen molar-refractivity contribution in [3.8, 4) is 0 Å². The van der Waals surface area contributed by atoms with Crippen molar-refractivity contribution in [2.45, 2.75) is 6.04 Å². The van der Waals surface area contributed by atoms with E-state index in [1.165, 1.54) is 0 Å². The van der Waals surface area contributed by atoms with E-state index in [2.05, 4.69) is 12.6 Å². The van der Waals surface area contributed by atoms with Gasteiger partial charge in [0.25, 0.3) is 0 Å². The van der Waals surface area contributed by atoms with Crippen molar-refractivity contribution >= 4 is 41.4 Å². The molecule has 0 saturated heterocycles. The number of halogens is 1. The molecular formula is C3H9ClNNaO6S2. The average Bonchev–Trinajstić information content (AvgIpc) is 1.82. The van der Waals surface area contributed by atoms with Crippen LogP contribution in [0.3, 0.4) is 0 Å². The second kappa shape index (κ2) is 12.0. The third kappa shape index (κ3) is 38.3. The van der Waals surface area contributed by atoms with Crippen molar-refractivity contribution in [2.24, 2.45) is 5.73 Å². The first kappa shape index (κ1) is 24.3. The summed E-state index contributed by atoms with van der Waals surface area (Å²) >= 11 is 3.65. The van der Waals surface area contributed by atoms with E-state index in [4.69, 9.17) is 28.4 Å². The normalized spacial score (nSPS) is 10.9. The zero-order valence-corrected chi connectivity index (χ0v) is 11.7. The molecule has 0 saturated carbocycles. The molecule has 0 heterocycles. The smallest absolute Gasteiger partial charge is 0.726 e. The van der Waals surface area contributed by atoms with Gasteiger partial charge in [0, 0.05) is 5.75 Å². The zero-order valence-electron chi connectivity index (χ0n) is 7.15. The molecule has 0 aliphatic heterocycles. The van der Waals surface area contributed by atoms with Gasteiger partial charge in [0.15, 0.2) is 0 Å². The Morgan fingerprint density at radius 1 is 1.57 bits per heavy atom. The molecule has 0 aromatic rings. The molecule has 0 spiro atoms. The van der Waals surface area contributed by atoms with Crippen molar-refractivity contribution in [3.63, 3.8) is 0 Å². The molecule has 1 atom stereocenters. The topological polar surface area (TPSA) is 141 Å². The van der Waals surface area contributed by atoms with Crippen LogP contribution in [-0.4, -0.2) is 40.4 Å². The predicted octanol–water partition coefficient (Wildman–Crippen LogP) is -4.24. The Hall–Kier alpha value is 0.940. The SMILES string of the molecule is Cl.N[C@@H](CS)C(=O)O.O=S(=O)([O-])O.[Na+]. The fraction of sp³-hybridized carbons (Fsp3) is 0.667. The molecule has 0 rings (SSSR count). The van der Waals surface area contributed by atoms with E-state index in [0.717, 1.165) is 0 Å². The minimum absolute atomic E-state index is 0. The van der Waals surface area contributed by atoms with Crippen molar-refractivity contribution in [2.75, 3.05) is 5.75 Å². The van der Waals surface area contributed by atoms with Crippen LogP contribution >= 0.6 is 25.0 Å². The molecule has 0 aromatic carbocycles. The molecule has 14 heavy (non-hydrogen) atoms. The summed E-state index contributed by atoms with van der Waals surface area (Å²) in [5.74, 6) is -0.815. The summed E-state index contributed by atoms with van der Waals surface area (Å²) in [6, 6.07) is -0.816. The van der Waals surface area contributed by atoms with Gasteiger partial charge in [-0.3, -0.25) is 9.35 Å². The van der Waals surface area contributed by atoms with Crippen molar-refractivity contribution in [1.29, 1.82) is 0 Å². The molecule has 0 radical (unpaired) electrons. The van der Waals surface area contributed by atoms with E-state index in [1.807, 2.05) is 0 Å². The molecule has 0 aliphatic rings. The van der Waals surface area contributed by atoms with E-state index in [9.17, 15) is 4.79 Å². The van der Waals surface area contributed by atoms with E-state index in [1.54, 1.807) is 0 Å². The van der Waals surface area contributed by atoms with E-state index >= 15 is 0 Å². The van der Waals surface area contributed by atoms with Gasteiger partial charge in [-0.1, -0.05) is 0 Å². The largest absolute Gasteiger partial charge is 1.00 e. The van der Waals surface area contributed by atoms with Crippen LogP contribution < -0.4 is 35.3 Å². The van der Waals surface area contributed by atoms with Crippen LogP contribution in [0, 0.1) is 0 Å². The fourth-order valence-corrected chi connectivity index (χ4v) is 0.234. The van der Waals surface area contributed by atoms with Gasteiger partial charge in [0.1, 0.15) is 6.04 Å². The maximum Gasteiger partial charge on any atom is 1.00 e. The summed E-state index contributed by atoms with van der Waals surface area (Å²) in [6.45, 7) is 0. The maximum absolute atomic E-state index is 9.76. The number of rotatable bonds is 2. The Morgan fingerprint density at radius 3 is 1.79 bits per heavy atom. The monoisotopic (exact) mass is 277 g/mol. The van der Waals surface area contributed by atoms with Crippen molar-refractivity contribution < 1.29 is 57.0 Å². The molecule has 0 fully saturated rings. The molecule has 0 amide bonds. The first-order valence-corrected chi connectivity index (χ1v) is 4.45. The number of thiol groups is 1. The standard InChI is InChI=1S/C3H7NO2S.ClH.Na.H2O4S/c4-2(1-7)3(5)6;;;1-5(2,3)4/h2,7H,1,4H2,(H,5,6);1H;;(H2,1,2,3,4)/q;;+1;/p-1/t2-;;;/m0.../s1. The molecule has 0 bridgehead atoms. The summed E-state index contributed by atoms with van der Waals surface area (Å²) in [6.07, 6.45) is 0. The van der Waals surface area contributed by atoms with Gasteiger partial charge in [0.2, 0.25) is 10.4 Å². The average molecular weight is 278 g/mol. The predicted molar refractivity (Wildman–Crippen MR) is 49.0 cm³/mol. The molecule has 82 valence electrons. The molecule has 0 unspecified atom stereocenters. The van der Waals surface area contributed by atoms with Gasteiger partial charge in [-0.25, -0.2) is 8.42 Å². The number of hydrogen-bond donors (Lipinski definition) is 4. The van der Waals surface area contributed by atoms with Gasteiger partial charge in [0.05, 0.1) is 0 Å². The van der Waals surface area contributed by atoms with Gasteiger partial charge in [-0.15, -0.1) is 12.4 Å². The molecule has 11 heteroatoms. The number of nitrogens with two attached hydrogens (primary N) is 1. The summed E-state index contributed by atoms with van der Waals surface area (Å²) < 4.78 is 32.8.